The lowest BCUT2D eigenvalue weighted by Gasteiger charge is -2.30. The van der Waals surface area contributed by atoms with Crippen LogP contribution in [0.3, 0.4) is 0 Å². The molecule has 2 aliphatic carbocycles. The van der Waals surface area contributed by atoms with Gasteiger partial charge in [0, 0.05) is 6.42 Å². The summed E-state index contributed by atoms with van der Waals surface area (Å²) < 4.78 is 0. The van der Waals surface area contributed by atoms with Crippen LogP contribution in [0.2, 0.25) is 0 Å². The zero-order valence-corrected chi connectivity index (χ0v) is 11.2. The summed E-state index contributed by atoms with van der Waals surface area (Å²) in [5, 5.41) is 22.0. The molecule has 0 heterocycles. The fourth-order valence-corrected chi connectivity index (χ4v) is 3.36. The predicted octanol–water partition coefficient (Wildman–Crippen LogP) is 1.44. The van der Waals surface area contributed by atoms with Gasteiger partial charge in [-0.3, -0.25) is 9.59 Å². The summed E-state index contributed by atoms with van der Waals surface area (Å²) in [5.41, 5.74) is -0.871. The first-order chi connectivity index (χ1) is 9.03. The normalized spacial score (nSPS) is 29.9. The number of carboxylic acids is 1. The summed E-state index contributed by atoms with van der Waals surface area (Å²) in [6, 6.07) is -0.200. The highest BCUT2D eigenvalue weighted by Gasteiger charge is 2.43. The fraction of sp³-hybridized carbons (Fsp3) is 0.857. The smallest absolute Gasteiger partial charge is 0.310 e. The average molecular weight is 269 g/mol. The molecular formula is C14H23NO4. The number of hydrogen-bond acceptors (Lipinski definition) is 3. The first-order valence-corrected chi connectivity index (χ1v) is 7.24. The maximum Gasteiger partial charge on any atom is 0.310 e. The van der Waals surface area contributed by atoms with Gasteiger partial charge < -0.3 is 15.5 Å². The van der Waals surface area contributed by atoms with Crippen LogP contribution in [0.1, 0.15) is 57.8 Å². The third-order valence-corrected chi connectivity index (χ3v) is 4.59. The number of amides is 1. The number of nitrogens with one attached hydrogen (secondary N) is 1. The Hall–Kier alpha value is -1.10. The van der Waals surface area contributed by atoms with Crippen LogP contribution in [0, 0.1) is 5.41 Å². The quantitative estimate of drug-likeness (QED) is 0.720. The lowest BCUT2D eigenvalue weighted by molar-refractivity contribution is -0.151. The van der Waals surface area contributed by atoms with Crippen molar-refractivity contribution in [2.75, 3.05) is 0 Å². The molecule has 2 fully saturated rings. The molecule has 1 amide bonds. The van der Waals surface area contributed by atoms with Crippen molar-refractivity contribution in [3.8, 4) is 0 Å². The van der Waals surface area contributed by atoms with Crippen molar-refractivity contribution in [2.24, 2.45) is 5.41 Å². The summed E-state index contributed by atoms with van der Waals surface area (Å²) in [4.78, 5) is 23.4. The minimum absolute atomic E-state index is 0.0472. The number of aliphatic hydroxyl groups excluding tert-OH is 1. The molecular weight excluding hydrogens is 246 g/mol. The Morgan fingerprint density at radius 3 is 2.32 bits per heavy atom. The molecule has 0 aliphatic heterocycles. The van der Waals surface area contributed by atoms with Gasteiger partial charge in [-0.05, 0) is 25.7 Å². The summed E-state index contributed by atoms with van der Waals surface area (Å²) in [6.07, 6.45) is 6.00. The number of aliphatic hydroxyl groups is 1. The Labute approximate surface area is 113 Å². The maximum atomic E-state index is 12.0. The van der Waals surface area contributed by atoms with E-state index in [1.165, 1.54) is 0 Å². The molecule has 0 aromatic rings. The molecule has 5 heteroatoms. The fourth-order valence-electron chi connectivity index (χ4n) is 3.36. The highest BCUT2D eigenvalue weighted by atomic mass is 16.4. The largest absolute Gasteiger partial charge is 0.481 e. The minimum Gasteiger partial charge on any atom is -0.481 e. The van der Waals surface area contributed by atoms with Crippen LogP contribution in [0.5, 0.6) is 0 Å². The van der Waals surface area contributed by atoms with Crippen LogP contribution in [0.25, 0.3) is 0 Å². The molecule has 2 atom stereocenters. The number of carboxylic acid groups (broad SMARTS) is 1. The van der Waals surface area contributed by atoms with Gasteiger partial charge in [-0.2, -0.15) is 0 Å². The van der Waals surface area contributed by atoms with Crippen LogP contribution >= 0.6 is 0 Å². The van der Waals surface area contributed by atoms with E-state index in [-0.39, 0.29) is 18.4 Å². The second-order valence-electron chi connectivity index (χ2n) is 6.00. The number of aliphatic carboxylic acids is 1. The molecule has 0 aromatic heterocycles. The molecule has 0 spiro atoms. The molecule has 2 rings (SSSR count). The van der Waals surface area contributed by atoms with Gasteiger partial charge in [-0.1, -0.05) is 25.7 Å². The lowest BCUT2D eigenvalue weighted by atomic mass is 9.82. The van der Waals surface area contributed by atoms with Gasteiger partial charge in [0.2, 0.25) is 5.91 Å². The molecule has 5 nitrogen and oxygen atoms in total. The van der Waals surface area contributed by atoms with E-state index >= 15 is 0 Å². The standard InChI is InChI=1S/C14H23NO4/c16-11-6-2-1-5-10(11)15-12(17)9-14(13(18)19)7-3-4-8-14/h10-11,16H,1-9H2,(H,15,17)(H,18,19)/t10-,11-/m1/s1. The number of hydrogen-bond donors (Lipinski definition) is 3. The average Bonchev–Trinajstić information content (AvgIpc) is 2.82. The van der Waals surface area contributed by atoms with E-state index in [2.05, 4.69) is 5.32 Å². The summed E-state index contributed by atoms with van der Waals surface area (Å²) in [6.45, 7) is 0. The van der Waals surface area contributed by atoms with E-state index in [1.54, 1.807) is 0 Å². The molecule has 0 bridgehead atoms. The second kappa shape index (κ2) is 5.90. The Morgan fingerprint density at radius 1 is 1.11 bits per heavy atom. The molecule has 0 saturated heterocycles. The zero-order chi connectivity index (χ0) is 13.9. The molecule has 3 N–H and O–H groups in total. The van der Waals surface area contributed by atoms with Crippen molar-refractivity contribution in [2.45, 2.75) is 69.9 Å². The monoisotopic (exact) mass is 269 g/mol. The van der Waals surface area contributed by atoms with Crippen LogP contribution in [0.15, 0.2) is 0 Å². The minimum atomic E-state index is -0.871. The summed E-state index contributed by atoms with van der Waals surface area (Å²) in [7, 11) is 0. The van der Waals surface area contributed by atoms with Gasteiger partial charge in [-0.15, -0.1) is 0 Å². The van der Waals surface area contributed by atoms with E-state index in [4.69, 9.17) is 0 Å². The second-order valence-corrected chi connectivity index (χ2v) is 6.00. The van der Waals surface area contributed by atoms with E-state index in [9.17, 15) is 19.8 Å². The Kier molecular flexibility index (Phi) is 4.45. The van der Waals surface area contributed by atoms with Crippen LogP contribution in [-0.2, 0) is 9.59 Å². The Morgan fingerprint density at radius 2 is 1.74 bits per heavy atom. The van der Waals surface area contributed by atoms with E-state index in [0.717, 1.165) is 38.5 Å². The van der Waals surface area contributed by atoms with Crippen molar-refractivity contribution in [1.29, 1.82) is 0 Å². The number of rotatable bonds is 4. The zero-order valence-electron chi connectivity index (χ0n) is 11.2. The van der Waals surface area contributed by atoms with E-state index < -0.39 is 17.5 Å². The molecule has 108 valence electrons. The summed E-state index contributed by atoms with van der Waals surface area (Å²) >= 11 is 0. The predicted molar refractivity (Wildman–Crippen MR) is 69.6 cm³/mol. The van der Waals surface area contributed by atoms with Crippen LogP contribution in [0.4, 0.5) is 0 Å². The van der Waals surface area contributed by atoms with E-state index in [0.29, 0.717) is 12.8 Å². The van der Waals surface area contributed by atoms with Crippen molar-refractivity contribution < 1.29 is 19.8 Å². The first kappa shape index (κ1) is 14.3. The molecule has 2 aliphatic rings. The van der Waals surface area contributed by atoms with Crippen LogP contribution < -0.4 is 5.32 Å². The summed E-state index contributed by atoms with van der Waals surface area (Å²) in [5.74, 6) is -1.08. The molecule has 19 heavy (non-hydrogen) atoms. The Balaban J connectivity index is 1.91. The molecule has 0 aromatic carbocycles. The lowest BCUT2D eigenvalue weighted by Crippen LogP contribution is -2.47. The molecule has 2 saturated carbocycles. The third-order valence-electron chi connectivity index (χ3n) is 4.59. The van der Waals surface area contributed by atoms with Gasteiger partial charge in [0.15, 0.2) is 0 Å². The van der Waals surface area contributed by atoms with Crippen LogP contribution in [-0.4, -0.2) is 34.2 Å². The van der Waals surface area contributed by atoms with Crippen molar-refractivity contribution >= 4 is 11.9 Å². The van der Waals surface area contributed by atoms with Gasteiger partial charge in [-0.25, -0.2) is 0 Å². The third kappa shape index (κ3) is 3.26. The highest BCUT2D eigenvalue weighted by molar-refractivity contribution is 5.85. The molecule has 0 radical (unpaired) electrons. The van der Waals surface area contributed by atoms with Crippen molar-refractivity contribution in [1.82, 2.24) is 5.32 Å². The topological polar surface area (TPSA) is 86.6 Å². The van der Waals surface area contributed by atoms with Gasteiger partial charge in [0.05, 0.1) is 17.6 Å². The SMILES string of the molecule is O=C(CC1(C(=O)O)CCCC1)N[C@@H]1CCCC[C@H]1O. The number of carbonyl (C=O) groups is 2. The number of carbonyl (C=O) groups excluding carboxylic acids is 1. The molecule has 0 unspecified atom stereocenters. The van der Waals surface area contributed by atoms with Crippen molar-refractivity contribution in [3.63, 3.8) is 0 Å². The van der Waals surface area contributed by atoms with Gasteiger partial charge in [0.25, 0.3) is 0 Å². The Bertz CT molecular complexity index is 349. The maximum absolute atomic E-state index is 12.0. The van der Waals surface area contributed by atoms with Gasteiger partial charge in [0.1, 0.15) is 0 Å². The van der Waals surface area contributed by atoms with Crippen molar-refractivity contribution in [3.05, 3.63) is 0 Å². The van der Waals surface area contributed by atoms with E-state index in [1.807, 2.05) is 0 Å². The first-order valence-electron chi connectivity index (χ1n) is 7.24. The van der Waals surface area contributed by atoms with Gasteiger partial charge >= 0.3 is 5.97 Å². The highest BCUT2D eigenvalue weighted by Crippen LogP contribution is 2.41.